The molecule has 1 atom stereocenters. The average molecular weight is 399 g/mol. The molecule has 2 saturated heterocycles. The molecule has 2 fully saturated rings. The van der Waals surface area contributed by atoms with Crippen LogP contribution in [0.1, 0.15) is 22.5 Å². The van der Waals surface area contributed by atoms with Gasteiger partial charge in [0.1, 0.15) is 5.82 Å². The Morgan fingerprint density at radius 3 is 2.45 bits per heavy atom. The largest absolute Gasteiger partial charge is 0.459 e. The van der Waals surface area contributed by atoms with E-state index in [1.807, 2.05) is 0 Å². The first-order chi connectivity index (χ1) is 14.0. The maximum absolute atomic E-state index is 13.9. The van der Waals surface area contributed by atoms with Crippen LogP contribution in [0.15, 0.2) is 47.1 Å². The molecule has 0 radical (unpaired) electrons. The van der Waals surface area contributed by atoms with Gasteiger partial charge in [0.2, 0.25) is 11.8 Å². The summed E-state index contributed by atoms with van der Waals surface area (Å²) in [6.45, 7) is 2.14. The lowest BCUT2D eigenvalue weighted by molar-refractivity contribution is -0.137. The molecule has 29 heavy (non-hydrogen) atoms. The Labute approximate surface area is 167 Å². The Morgan fingerprint density at radius 2 is 1.76 bits per heavy atom. The lowest BCUT2D eigenvalue weighted by Crippen LogP contribution is -2.52. The van der Waals surface area contributed by atoms with E-state index in [1.165, 1.54) is 17.2 Å². The molecule has 7 nitrogen and oxygen atoms in total. The minimum atomic E-state index is -0.429. The van der Waals surface area contributed by atoms with Gasteiger partial charge < -0.3 is 19.1 Å². The zero-order chi connectivity index (χ0) is 20.4. The number of hydrogen-bond acceptors (Lipinski definition) is 4. The van der Waals surface area contributed by atoms with Crippen molar-refractivity contribution in [3.05, 3.63) is 59.8 Å². The SMILES string of the molecule is O=C1CC(C(=O)N2CCN(C(=O)c3ccco3)CC2)CN1Cc1ccccc1F. The molecule has 152 valence electrons. The minimum absolute atomic E-state index is 0.0838. The lowest BCUT2D eigenvalue weighted by Gasteiger charge is -2.35. The number of halogens is 1. The van der Waals surface area contributed by atoms with Crippen LogP contribution in [0.3, 0.4) is 0 Å². The number of benzene rings is 1. The predicted octanol–water partition coefficient (Wildman–Crippen LogP) is 1.75. The molecule has 0 bridgehead atoms. The van der Waals surface area contributed by atoms with Crippen molar-refractivity contribution in [3.8, 4) is 0 Å². The molecular formula is C21H22FN3O4. The molecule has 1 aromatic carbocycles. The summed E-state index contributed by atoms with van der Waals surface area (Å²) in [6, 6.07) is 9.62. The molecule has 3 amide bonds. The number of piperazine rings is 1. The van der Waals surface area contributed by atoms with Gasteiger partial charge in [0.05, 0.1) is 12.2 Å². The van der Waals surface area contributed by atoms with Gasteiger partial charge in [-0.1, -0.05) is 18.2 Å². The van der Waals surface area contributed by atoms with Crippen LogP contribution in [0.4, 0.5) is 4.39 Å². The van der Waals surface area contributed by atoms with Crippen molar-refractivity contribution >= 4 is 17.7 Å². The topological polar surface area (TPSA) is 74.1 Å². The summed E-state index contributed by atoms with van der Waals surface area (Å²) in [5, 5.41) is 0. The fraction of sp³-hybridized carbons (Fsp3) is 0.381. The van der Waals surface area contributed by atoms with Crippen LogP contribution in [0.5, 0.6) is 0 Å². The molecule has 8 heteroatoms. The van der Waals surface area contributed by atoms with Gasteiger partial charge in [-0.3, -0.25) is 14.4 Å². The number of carbonyl (C=O) groups excluding carboxylic acids is 3. The van der Waals surface area contributed by atoms with Gasteiger partial charge in [0.15, 0.2) is 5.76 Å². The predicted molar refractivity (Wildman–Crippen MR) is 101 cm³/mol. The number of amides is 3. The molecule has 1 aromatic heterocycles. The molecule has 2 aliphatic rings. The van der Waals surface area contributed by atoms with Crippen molar-refractivity contribution in [2.45, 2.75) is 13.0 Å². The first-order valence-electron chi connectivity index (χ1n) is 9.65. The monoisotopic (exact) mass is 399 g/mol. The Balaban J connectivity index is 1.32. The highest BCUT2D eigenvalue weighted by Gasteiger charge is 2.38. The maximum atomic E-state index is 13.9. The summed E-state index contributed by atoms with van der Waals surface area (Å²) in [5.74, 6) is -0.907. The average Bonchev–Trinajstić information content (AvgIpc) is 3.39. The smallest absolute Gasteiger partial charge is 0.289 e. The van der Waals surface area contributed by atoms with Crippen LogP contribution in [0, 0.1) is 11.7 Å². The van der Waals surface area contributed by atoms with Crippen molar-refractivity contribution < 1.29 is 23.2 Å². The van der Waals surface area contributed by atoms with E-state index in [0.29, 0.717) is 31.7 Å². The van der Waals surface area contributed by atoms with E-state index in [-0.39, 0.29) is 48.8 Å². The fourth-order valence-corrected chi connectivity index (χ4v) is 3.87. The van der Waals surface area contributed by atoms with Gasteiger partial charge in [-0.25, -0.2) is 4.39 Å². The van der Waals surface area contributed by atoms with E-state index >= 15 is 0 Å². The Kier molecular flexibility index (Phi) is 5.33. The zero-order valence-corrected chi connectivity index (χ0v) is 15.9. The third-order valence-electron chi connectivity index (χ3n) is 5.49. The Hall–Kier alpha value is -3.16. The van der Waals surface area contributed by atoms with Crippen molar-refractivity contribution in [2.75, 3.05) is 32.7 Å². The molecule has 3 heterocycles. The van der Waals surface area contributed by atoms with E-state index < -0.39 is 5.92 Å². The van der Waals surface area contributed by atoms with E-state index in [4.69, 9.17) is 4.42 Å². The van der Waals surface area contributed by atoms with Crippen LogP contribution < -0.4 is 0 Å². The number of hydrogen-bond donors (Lipinski definition) is 0. The Morgan fingerprint density at radius 1 is 1.03 bits per heavy atom. The van der Waals surface area contributed by atoms with Gasteiger partial charge in [0.25, 0.3) is 5.91 Å². The molecule has 1 unspecified atom stereocenters. The second-order valence-corrected chi connectivity index (χ2v) is 7.36. The first kappa shape index (κ1) is 19.2. The molecule has 0 N–H and O–H groups in total. The number of carbonyl (C=O) groups is 3. The zero-order valence-electron chi connectivity index (χ0n) is 15.9. The van der Waals surface area contributed by atoms with Crippen molar-refractivity contribution in [1.82, 2.24) is 14.7 Å². The molecule has 2 aromatic rings. The number of likely N-dealkylation sites (tertiary alicyclic amines) is 1. The number of rotatable bonds is 4. The third kappa shape index (κ3) is 4.01. The molecule has 0 aliphatic carbocycles. The van der Waals surface area contributed by atoms with Crippen LogP contribution in [-0.2, 0) is 16.1 Å². The van der Waals surface area contributed by atoms with Crippen LogP contribution in [0.25, 0.3) is 0 Å². The summed E-state index contributed by atoms with van der Waals surface area (Å²) in [7, 11) is 0. The standard InChI is InChI=1S/C21H22FN3O4/c22-17-5-2-1-4-15(17)13-25-14-16(12-19(25)26)20(27)23-7-9-24(10-8-23)21(28)18-6-3-11-29-18/h1-6,11,16H,7-10,12-14H2. The van der Waals surface area contributed by atoms with E-state index in [1.54, 1.807) is 40.1 Å². The summed E-state index contributed by atoms with van der Waals surface area (Å²) in [5.41, 5.74) is 0.444. The minimum Gasteiger partial charge on any atom is -0.459 e. The highest BCUT2D eigenvalue weighted by Crippen LogP contribution is 2.24. The maximum Gasteiger partial charge on any atom is 0.289 e. The van der Waals surface area contributed by atoms with E-state index in [0.717, 1.165) is 0 Å². The fourth-order valence-electron chi connectivity index (χ4n) is 3.87. The van der Waals surface area contributed by atoms with Crippen LogP contribution in [-0.4, -0.2) is 65.1 Å². The second kappa shape index (κ2) is 8.06. The van der Waals surface area contributed by atoms with Crippen LogP contribution >= 0.6 is 0 Å². The third-order valence-corrected chi connectivity index (χ3v) is 5.49. The Bertz CT molecular complexity index is 906. The molecule has 0 spiro atoms. The lowest BCUT2D eigenvalue weighted by atomic mass is 10.1. The summed E-state index contributed by atoms with van der Waals surface area (Å²) < 4.78 is 19.0. The van der Waals surface area contributed by atoms with Gasteiger partial charge in [-0.2, -0.15) is 0 Å². The van der Waals surface area contributed by atoms with E-state index in [2.05, 4.69) is 0 Å². The van der Waals surface area contributed by atoms with Gasteiger partial charge >= 0.3 is 0 Å². The highest BCUT2D eigenvalue weighted by molar-refractivity contribution is 5.92. The van der Waals surface area contributed by atoms with Crippen molar-refractivity contribution in [2.24, 2.45) is 5.92 Å². The summed E-state index contributed by atoms with van der Waals surface area (Å²) in [4.78, 5) is 42.4. The number of nitrogens with zero attached hydrogens (tertiary/aromatic N) is 3. The first-order valence-corrected chi connectivity index (χ1v) is 9.65. The molecule has 4 rings (SSSR count). The van der Waals surface area contributed by atoms with Gasteiger partial charge in [0, 0.05) is 51.3 Å². The van der Waals surface area contributed by atoms with Crippen molar-refractivity contribution in [3.63, 3.8) is 0 Å². The van der Waals surface area contributed by atoms with Crippen molar-refractivity contribution in [1.29, 1.82) is 0 Å². The van der Waals surface area contributed by atoms with Gasteiger partial charge in [-0.15, -0.1) is 0 Å². The van der Waals surface area contributed by atoms with Gasteiger partial charge in [-0.05, 0) is 18.2 Å². The normalized spacial score (nSPS) is 19.7. The molecule has 0 saturated carbocycles. The van der Waals surface area contributed by atoms with E-state index in [9.17, 15) is 18.8 Å². The highest BCUT2D eigenvalue weighted by atomic mass is 19.1. The quantitative estimate of drug-likeness (QED) is 0.785. The molecule has 2 aliphatic heterocycles. The summed E-state index contributed by atoms with van der Waals surface area (Å²) >= 11 is 0. The van der Waals surface area contributed by atoms with Crippen LogP contribution in [0.2, 0.25) is 0 Å². The summed E-state index contributed by atoms with van der Waals surface area (Å²) in [6.07, 6.45) is 1.59. The number of furan rings is 1. The molecular weight excluding hydrogens is 377 g/mol. The second-order valence-electron chi connectivity index (χ2n) is 7.36.